The van der Waals surface area contributed by atoms with Crippen LogP contribution < -0.4 is 5.32 Å². The van der Waals surface area contributed by atoms with Gasteiger partial charge in [0, 0.05) is 0 Å². The van der Waals surface area contributed by atoms with Gasteiger partial charge in [-0.2, -0.15) is 0 Å². The van der Waals surface area contributed by atoms with Gasteiger partial charge >= 0.3 is 5.97 Å². The highest BCUT2D eigenvalue weighted by molar-refractivity contribution is 5.86. The van der Waals surface area contributed by atoms with Crippen molar-refractivity contribution in [2.24, 2.45) is 5.92 Å². The van der Waals surface area contributed by atoms with E-state index in [2.05, 4.69) is 10.1 Å². The smallest absolute Gasteiger partial charge is 0.373 e. The van der Waals surface area contributed by atoms with E-state index >= 15 is 0 Å². The molecule has 0 saturated heterocycles. The second-order valence-corrected chi connectivity index (χ2v) is 5.21. The number of carbonyl (C=O) groups excluding carboxylic acids is 1. The van der Waals surface area contributed by atoms with Crippen molar-refractivity contribution in [3.8, 4) is 0 Å². The van der Waals surface area contributed by atoms with E-state index in [1.165, 1.54) is 45.6 Å². The third-order valence-electron chi connectivity index (χ3n) is 4.00. The first kappa shape index (κ1) is 14.1. The van der Waals surface area contributed by atoms with E-state index < -0.39 is 5.97 Å². The molecule has 1 aliphatic rings. The summed E-state index contributed by atoms with van der Waals surface area (Å²) in [6.07, 6.45) is 7.68. The largest absolute Gasteiger partial charge is 0.463 e. The van der Waals surface area contributed by atoms with Crippen molar-refractivity contribution in [1.29, 1.82) is 0 Å². The van der Waals surface area contributed by atoms with E-state index in [1.54, 1.807) is 6.07 Å². The van der Waals surface area contributed by atoms with Gasteiger partial charge in [-0.1, -0.05) is 25.7 Å². The summed E-state index contributed by atoms with van der Waals surface area (Å²) in [5.41, 5.74) is 0. The molecule has 1 N–H and O–H groups in total. The molecule has 106 valence electrons. The Morgan fingerprint density at radius 2 is 2.00 bits per heavy atom. The molecule has 1 atom stereocenters. The number of methoxy groups -OCH3 is 1. The molecule has 0 radical (unpaired) electrons. The van der Waals surface area contributed by atoms with Gasteiger partial charge in [0.2, 0.25) is 5.76 Å². The lowest BCUT2D eigenvalue weighted by molar-refractivity contribution is 0.0561. The molecule has 1 fully saturated rings. The molecule has 4 heteroatoms. The van der Waals surface area contributed by atoms with E-state index in [4.69, 9.17) is 4.42 Å². The number of hydrogen-bond acceptors (Lipinski definition) is 4. The molecule has 19 heavy (non-hydrogen) atoms. The Balaban J connectivity index is 2.11. The van der Waals surface area contributed by atoms with Crippen molar-refractivity contribution in [2.45, 2.75) is 44.6 Å². The van der Waals surface area contributed by atoms with Crippen LogP contribution in [0.2, 0.25) is 0 Å². The van der Waals surface area contributed by atoms with Gasteiger partial charge in [-0.15, -0.1) is 0 Å². The third-order valence-corrected chi connectivity index (χ3v) is 4.00. The third kappa shape index (κ3) is 3.38. The van der Waals surface area contributed by atoms with Crippen molar-refractivity contribution in [3.05, 3.63) is 23.7 Å². The van der Waals surface area contributed by atoms with Gasteiger partial charge in [0.1, 0.15) is 5.76 Å². The molecule has 0 aromatic carbocycles. The lowest BCUT2D eigenvalue weighted by Crippen LogP contribution is -2.24. The molecule has 1 aromatic rings. The van der Waals surface area contributed by atoms with Crippen LogP contribution in [-0.2, 0) is 4.74 Å². The van der Waals surface area contributed by atoms with Crippen molar-refractivity contribution in [2.75, 3.05) is 14.2 Å². The highest BCUT2D eigenvalue weighted by Gasteiger charge is 2.26. The molecule has 1 aliphatic carbocycles. The lowest BCUT2D eigenvalue weighted by Gasteiger charge is -2.23. The van der Waals surface area contributed by atoms with E-state index in [9.17, 15) is 4.79 Å². The van der Waals surface area contributed by atoms with Crippen molar-refractivity contribution in [3.63, 3.8) is 0 Å². The van der Waals surface area contributed by atoms with Gasteiger partial charge in [0.15, 0.2) is 0 Å². The quantitative estimate of drug-likeness (QED) is 0.670. The number of rotatable bonds is 4. The molecule has 1 heterocycles. The predicted octanol–water partition coefficient (Wildman–Crippen LogP) is 3.30. The standard InChI is InChI=1S/C15H23NO3/c1-16-14(11-7-5-3-4-6-8-11)12-9-10-13(19-12)15(17)18-2/h9-11,14,16H,3-8H2,1-2H3. The molecule has 1 saturated carbocycles. The SMILES string of the molecule is CNC(c1ccc(C(=O)OC)o1)C1CCCCCC1. The molecule has 4 nitrogen and oxygen atoms in total. The van der Waals surface area contributed by atoms with Crippen LogP contribution >= 0.6 is 0 Å². The first-order valence-corrected chi connectivity index (χ1v) is 7.11. The zero-order valence-electron chi connectivity index (χ0n) is 11.8. The Bertz CT molecular complexity index is 405. The second kappa shape index (κ2) is 6.75. The van der Waals surface area contributed by atoms with Gasteiger partial charge in [-0.3, -0.25) is 0 Å². The minimum Gasteiger partial charge on any atom is -0.463 e. The van der Waals surface area contributed by atoms with E-state index in [-0.39, 0.29) is 11.8 Å². The summed E-state index contributed by atoms with van der Waals surface area (Å²) in [6, 6.07) is 3.78. The predicted molar refractivity (Wildman–Crippen MR) is 73.0 cm³/mol. The average Bonchev–Trinajstić information content (AvgIpc) is 2.75. The molecule has 0 spiro atoms. The summed E-state index contributed by atoms with van der Waals surface area (Å²) < 4.78 is 10.3. The fourth-order valence-electron chi connectivity index (χ4n) is 2.98. The van der Waals surface area contributed by atoms with Gasteiger partial charge in [0.05, 0.1) is 13.2 Å². The Hall–Kier alpha value is -1.29. The lowest BCUT2D eigenvalue weighted by atomic mass is 9.90. The monoisotopic (exact) mass is 265 g/mol. The number of esters is 1. The topological polar surface area (TPSA) is 51.5 Å². The van der Waals surface area contributed by atoms with Crippen molar-refractivity contribution >= 4 is 5.97 Å². The first-order chi connectivity index (χ1) is 9.26. The van der Waals surface area contributed by atoms with Crippen molar-refractivity contribution < 1.29 is 13.9 Å². The van der Waals surface area contributed by atoms with Crippen LogP contribution in [-0.4, -0.2) is 20.1 Å². The number of ether oxygens (including phenoxy) is 1. The first-order valence-electron chi connectivity index (χ1n) is 7.11. The maximum atomic E-state index is 11.4. The number of nitrogens with one attached hydrogen (secondary N) is 1. The summed E-state index contributed by atoms with van der Waals surface area (Å²) >= 11 is 0. The Morgan fingerprint density at radius 1 is 1.32 bits per heavy atom. The molecule has 2 rings (SSSR count). The number of furan rings is 1. The summed E-state index contributed by atoms with van der Waals surface area (Å²) in [4.78, 5) is 11.4. The molecule has 0 amide bonds. The molecule has 1 unspecified atom stereocenters. The maximum Gasteiger partial charge on any atom is 0.373 e. The minimum absolute atomic E-state index is 0.191. The van der Waals surface area contributed by atoms with Gasteiger partial charge in [-0.25, -0.2) is 4.79 Å². The summed E-state index contributed by atoms with van der Waals surface area (Å²) in [5, 5.41) is 3.34. The van der Waals surface area contributed by atoms with Crippen LogP contribution in [0.4, 0.5) is 0 Å². The number of carbonyl (C=O) groups is 1. The van der Waals surface area contributed by atoms with E-state index in [0.717, 1.165) is 5.76 Å². The normalized spacial score (nSPS) is 18.8. The van der Waals surface area contributed by atoms with Crippen LogP contribution in [0, 0.1) is 5.92 Å². The fraction of sp³-hybridized carbons (Fsp3) is 0.667. The molecular formula is C15H23NO3. The zero-order chi connectivity index (χ0) is 13.7. The summed E-state index contributed by atoms with van der Waals surface area (Å²) in [6.45, 7) is 0. The van der Waals surface area contributed by atoms with Crippen LogP contribution in [0.5, 0.6) is 0 Å². The molecular weight excluding hydrogens is 242 g/mol. The zero-order valence-corrected chi connectivity index (χ0v) is 11.8. The van der Waals surface area contributed by atoms with Gasteiger partial charge < -0.3 is 14.5 Å². The molecule has 0 aliphatic heterocycles. The van der Waals surface area contributed by atoms with E-state index in [0.29, 0.717) is 5.92 Å². The minimum atomic E-state index is -0.415. The second-order valence-electron chi connectivity index (χ2n) is 5.21. The van der Waals surface area contributed by atoms with Crippen LogP contribution in [0.3, 0.4) is 0 Å². The molecule has 0 bridgehead atoms. The Morgan fingerprint density at radius 3 is 2.58 bits per heavy atom. The highest BCUT2D eigenvalue weighted by Crippen LogP contribution is 2.34. The highest BCUT2D eigenvalue weighted by atomic mass is 16.5. The van der Waals surface area contributed by atoms with Crippen LogP contribution in [0.15, 0.2) is 16.5 Å². The summed E-state index contributed by atoms with van der Waals surface area (Å²) in [7, 11) is 3.32. The van der Waals surface area contributed by atoms with Crippen molar-refractivity contribution in [1.82, 2.24) is 5.32 Å². The fourth-order valence-corrected chi connectivity index (χ4v) is 2.98. The van der Waals surface area contributed by atoms with Crippen LogP contribution in [0.25, 0.3) is 0 Å². The van der Waals surface area contributed by atoms with Crippen LogP contribution in [0.1, 0.15) is 60.9 Å². The average molecular weight is 265 g/mol. The van der Waals surface area contributed by atoms with Gasteiger partial charge in [-0.05, 0) is 37.9 Å². The number of hydrogen-bond donors (Lipinski definition) is 1. The Kier molecular flexibility index (Phi) is 5.02. The maximum absolute atomic E-state index is 11.4. The Labute approximate surface area is 114 Å². The molecule has 1 aromatic heterocycles. The van der Waals surface area contributed by atoms with Gasteiger partial charge in [0.25, 0.3) is 0 Å². The summed E-state index contributed by atoms with van der Waals surface area (Å²) in [5.74, 6) is 1.30. The van der Waals surface area contributed by atoms with E-state index in [1.807, 2.05) is 13.1 Å².